The normalized spacial score (nSPS) is 15.5. The lowest BCUT2D eigenvalue weighted by Crippen LogP contribution is -2.19. The summed E-state index contributed by atoms with van der Waals surface area (Å²) in [5.74, 6) is 1.01. The number of carbonyl (C=O) groups excluding carboxylic acids is 1. The second kappa shape index (κ2) is 11.5. The van der Waals surface area contributed by atoms with Crippen molar-refractivity contribution in [3.05, 3.63) is 88.2 Å². The lowest BCUT2D eigenvalue weighted by molar-refractivity contribution is -0.115. The van der Waals surface area contributed by atoms with Gasteiger partial charge in [-0.15, -0.1) is 0 Å². The third-order valence-corrected chi connectivity index (χ3v) is 8.75. The van der Waals surface area contributed by atoms with E-state index in [1.807, 2.05) is 68.5 Å². The van der Waals surface area contributed by atoms with Crippen LogP contribution in [0.1, 0.15) is 22.3 Å². The summed E-state index contributed by atoms with van der Waals surface area (Å²) >= 11 is 10.8. The molecule has 1 heterocycles. The molecule has 0 bridgehead atoms. The number of rotatable bonds is 6. The van der Waals surface area contributed by atoms with Gasteiger partial charge >= 0.3 is 0 Å². The first-order chi connectivity index (χ1) is 16.7. The third kappa shape index (κ3) is 6.49. The third-order valence-electron chi connectivity index (χ3n) is 5.18. The van der Waals surface area contributed by atoms with Gasteiger partial charge in [0.25, 0.3) is 5.91 Å². The molecule has 0 saturated carbocycles. The van der Waals surface area contributed by atoms with Crippen molar-refractivity contribution in [2.24, 2.45) is 4.99 Å². The molecule has 0 aromatic heterocycles. The molecule has 0 spiro atoms. The van der Waals surface area contributed by atoms with Gasteiger partial charge in [-0.1, -0.05) is 44.0 Å². The van der Waals surface area contributed by atoms with E-state index in [9.17, 15) is 4.79 Å². The zero-order valence-electron chi connectivity index (χ0n) is 19.1. The van der Waals surface area contributed by atoms with E-state index in [0.29, 0.717) is 28.2 Å². The number of ether oxygens (including phenoxy) is 2. The molecule has 0 unspecified atom stereocenters. The van der Waals surface area contributed by atoms with Gasteiger partial charge < -0.3 is 14.8 Å². The highest BCUT2D eigenvalue weighted by atomic mass is 127. The van der Waals surface area contributed by atoms with Crippen LogP contribution in [0.15, 0.2) is 67.4 Å². The highest BCUT2D eigenvalue weighted by Crippen LogP contribution is 2.37. The van der Waals surface area contributed by atoms with Crippen LogP contribution < -0.4 is 14.8 Å². The van der Waals surface area contributed by atoms with Gasteiger partial charge in [0.1, 0.15) is 6.61 Å². The molecule has 4 rings (SSSR count). The van der Waals surface area contributed by atoms with Gasteiger partial charge in [-0.2, -0.15) is 0 Å². The summed E-state index contributed by atoms with van der Waals surface area (Å²) in [6, 6.07) is 15.8. The molecule has 1 saturated heterocycles. The number of aryl methyl sites for hydroxylation is 2. The standard InChI is InChI=1S/C26H21Br2IN2O3S/c1-14-8-19(9-15(2)24(14)28)30-26-31-25(32)23(35-26)11-17-10-21(33-3)22(12-20(17)27)34-13-16-4-6-18(29)7-5-16/h4-12H,13H2,1-3H3,(H,30,31,32)/b23-11-. The zero-order chi connectivity index (χ0) is 25.1. The van der Waals surface area contributed by atoms with E-state index >= 15 is 0 Å². The largest absolute Gasteiger partial charge is 0.493 e. The molecule has 1 N–H and O–H groups in total. The van der Waals surface area contributed by atoms with Gasteiger partial charge in [-0.3, -0.25) is 4.79 Å². The van der Waals surface area contributed by atoms with Crippen molar-refractivity contribution >= 4 is 89.1 Å². The molecule has 0 atom stereocenters. The number of methoxy groups -OCH3 is 1. The van der Waals surface area contributed by atoms with Gasteiger partial charge in [-0.25, -0.2) is 4.99 Å². The van der Waals surface area contributed by atoms with Crippen LogP contribution in [0.3, 0.4) is 0 Å². The van der Waals surface area contributed by atoms with Crippen LogP contribution in [0, 0.1) is 17.4 Å². The lowest BCUT2D eigenvalue weighted by Gasteiger charge is -2.13. The van der Waals surface area contributed by atoms with Crippen LogP contribution in [0.2, 0.25) is 0 Å². The van der Waals surface area contributed by atoms with Gasteiger partial charge in [0.05, 0.1) is 17.7 Å². The van der Waals surface area contributed by atoms with Crippen molar-refractivity contribution in [2.45, 2.75) is 20.5 Å². The van der Waals surface area contributed by atoms with Crippen molar-refractivity contribution in [1.29, 1.82) is 0 Å². The summed E-state index contributed by atoms with van der Waals surface area (Å²) in [7, 11) is 1.60. The first-order valence-electron chi connectivity index (χ1n) is 10.5. The Hall–Kier alpha value is -1.82. The number of amidine groups is 1. The van der Waals surface area contributed by atoms with Crippen molar-refractivity contribution in [1.82, 2.24) is 5.32 Å². The number of nitrogens with zero attached hydrogens (tertiary/aromatic N) is 1. The highest BCUT2D eigenvalue weighted by molar-refractivity contribution is 14.1. The quantitative estimate of drug-likeness (QED) is 0.207. The number of amides is 1. The first kappa shape index (κ1) is 26.2. The number of hydrogen-bond acceptors (Lipinski definition) is 5. The summed E-state index contributed by atoms with van der Waals surface area (Å²) in [5.41, 5.74) is 4.85. The Labute approximate surface area is 239 Å². The zero-order valence-corrected chi connectivity index (χ0v) is 25.3. The molecule has 0 aliphatic carbocycles. The predicted octanol–water partition coefficient (Wildman–Crippen LogP) is 7.91. The van der Waals surface area contributed by atoms with E-state index in [1.165, 1.54) is 15.3 Å². The summed E-state index contributed by atoms with van der Waals surface area (Å²) in [6.45, 7) is 4.46. The number of halogens is 3. The van der Waals surface area contributed by atoms with E-state index in [1.54, 1.807) is 7.11 Å². The highest BCUT2D eigenvalue weighted by Gasteiger charge is 2.24. The Balaban J connectivity index is 1.54. The number of aliphatic imine (C=N–C) groups is 1. The molecule has 35 heavy (non-hydrogen) atoms. The Morgan fingerprint density at radius 1 is 1.06 bits per heavy atom. The number of thioether (sulfide) groups is 1. The first-order valence-corrected chi connectivity index (χ1v) is 14.0. The number of hydrogen-bond donors (Lipinski definition) is 1. The summed E-state index contributed by atoms with van der Waals surface area (Å²) < 4.78 is 14.6. The van der Waals surface area contributed by atoms with Crippen molar-refractivity contribution in [3.8, 4) is 11.5 Å². The fraction of sp³-hybridized carbons (Fsp3) is 0.154. The van der Waals surface area contributed by atoms with Gasteiger partial charge in [-0.05, 0) is 113 Å². The molecule has 3 aromatic carbocycles. The molecule has 5 nitrogen and oxygen atoms in total. The van der Waals surface area contributed by atoms with Gasteiger partial charge in [0.15, 0.2) is 16.7 Å². The average molecular weight is 728 g/mol. The smallest absolute Gasteiger partial charge is 0.264 e. The number of nitrogens with one attached hydrogen (secondary N) is 1. The van der Waals surface area contributed by atoms with Crippen molar-refractivity contribution in [2.75, 3.05) is 7.11 Å². The fourth-order valence-electron chi connectivity index (χ4n) is 3.40. The monoisotopic (exact) mass is 726 g/mol. The minimum absolute atomic E-state index is 0.191. The fourth-order valence-corrected chi connectivity index (χ4v) is 5.26. The van der Waals surface area contributed by atoms with Crippen LogP contribution >= 0.6 is 66.2 Å². The molecule has 1 amide bonds. The maximum Gasteiger partial charge on any atom is 0.264 e. The van der Waals surface area contributed by atoms with Crippen LogP contribution in [0.5, 0.6) is 11.5 Å². The molecule has 0 radical (unpaired) electrons. The maximum atomic E-state index is 12.6. The minimum Gasteiger partial charge on any atom is -0.493 e. The lowest BCUT2D eigenvalue weighted by atomic mass is 10.1. The molecule has 1 fully saturated rings. The van der Waals surface area contributed by atoms with Crippen molar-refractivity contribution < 1.29 is 14.3 Å². The molecule has 1 aliphatic rings. The van der Waals surface area contributed by atoms with Crippen LogP contribution in [-0.4, -0.2) is 18.2 Å². The average Bonchev–Trinajstić information content (AvgIpc) is 3.16. The van der Waals surface area contributed by atoms with E-state index in [-0.39, 0.29) is 5.91 Å². The van der Waals surface area contributed by atoms with Crippen LogP contribution in [0.4, 0.5) is 5.69 Å². The van der Waals surface area contributed by atoms with Crippen molar-refractivity contribution in [3.63, 3.8) is 0 Å². The number of benzene rings is 3. The minimum atomic E-state index is -0.191. The van der Waals surface area contributed by atoms with Crippen LogP contribution in [0.25, 0.3) is 6.08 Å². The van der Waals surface area contributed by atoms with Gasteiger partial charge in [0, 0.05) is 12.5 Å². The Kier molecular flexibility index (Phi) is 8.62. The summed E-state index contributed by atoms with van der Waals surface area (Å²) in [4.78, 5) is 17.8. The Morgan fingerprint density at radius 3 is 2.40 bits per heavy atom. The topological polar surface area (TPSA) is 59.9 Å². The Bertz CT molecular complexity index is 1330. The van der Waals surface area contributed by atoms with Gasteiger partial charge in [0.2, 0.25) is 0 Å². The van der Waals surface area contributed by atoms with Crippen LogP contribution in [-0.2, 0) is 11.4 Å². The predicted molar refractivity (Wildman–Crippen MR) is 159 cm³/mol. The van der Waals surface area contributed by atoms with E-state index in [4.69, 9.17) is 9.47 Å². The maximum absolute atomic E-state index is 12.6. The second-order valence-electron chi connectivity index (χ2n) is 7.82. The second-order valence-corrected chi connectivity index (χ2v) is 11.7. The molecular formula is C26H21Br2IN2O3S. The summed E-state index contributed by atoms with van der Waals surface area (Å²) in [6.07, 6.45) is 1.82. The number of carbonyl (C=O) groups is 1. The van der Waals surface area contributed by atoms with E-state index in [2.05, 4.69) is 64.8 Å². The molecule has 9 heteroatoms. The molecule has 1 aliphatic heterocycles. The van der Waals surface area contributed by atoms with E-state index in [0.717, 1.165) is 36.9 Å². The molecule has 3 aromatic rings. The SMILES string of the molecule is COc1cc(/C=C2\SC(=Nc3cc(C)c(Br)c(C)c3)NC2=O)c(Br)cc1OCc1ccc(I)cc1. The molecule has 180 valence electrons. The molecular weight excluding hydrogens is 707 g/mol. The summed E-state index contributed by atoms with van der Waals surface area (Å²) in [5, 5.41) is 3.39. The Morgan fingerprint density at radius 2 is 1.74 bits per heavy atom. The van der Waals surface area contributed by atoms with E-state index < -0.39 is 0 Å².